The molecule has 2 aliphatic rings. The highest BCUT2D eigenvalue weighted by atomic mass is 35.5. The molecule has 0 radical (unpaired) electrons. The number of rotatable bonds is 11. The molecule has 3 aromatic carbocycles. The molecule has 2 atom stereocenters. The van der Waals surface area contributed by atoms with E-state index in [2.05, 4.69) is 36.6 Å². The van der Waals surface area contributed by atoms with Gasteiger partial charge in [0.25, 0.3) is 5.91 Å². The largest absolute Gasteiger partial charge is 0.490 e. The normalized spacial score (nSPS) is 17.9. The third-order valence-electron chi connectivity index (χ3n) is 8.08. The van der Waals surface area contributed by atoms with E-state index in [0.717, 1.165) is 37.1 Å². The van der Waals surface area contributed by atoms with Gasteiger partial charge in [-0.3, -0.25) is 9.59 Å². The lowest BCUT2D eigenvalue weighted by Gasteiger charge is -2.36. The van der Waals surface area contributed by atoms with Crippen molar-refractivity contribution in [1.29, 1.82) is 0 Å². The van der Waals surface area contributed by atoms with Gasteiger partial charge >= 0.3 is 0 Å². The van der Waals surface area contributed by atoms with Crippen LogP contribution >= 0.6 is 12.4 Å². The molecular weight excluding hydrogens is 576 g/mol. The summed E-state index contributed by atoms with van der Waals surface area (Å²) in [5, 5.41) is 6.45. The molecular formula is C33H38ClF2N3O4. The Hall–Kier alpha value is -3.69. The summed E-state index contributed by atoms with van der Waals surface area (Å²) in [6.07, 6.45) is 2.68. The number of benzene rings is 3. The summed E-state index contributed by atoms with van der Waals surface area (Å²) in [4.78, 5) is 29.1. The lowest BCUT2D eigenvalue weighted by molar-refractivity contribution is -0.138. The van der Waals surface area contributed by atoms with E-state index in [1.807, 2.05) is 11.0 Å². The topological polar surface area (TPSA) is 79.9 Å². The van der Waals surface area contributed by atoms with Gasteiger partial charge in [0.05, 0.1) is 5.92 Å². The third kappa shape index (κ3) is 8.03. The Morgan fingerprint density at radius 2 is 1.60 bits per heavy atom. The minimum absolute atomic E-state index is 0. The first-order valence-electron chi connectivity index (χ1n) is 14.5. The van der Waals surface area contributed by atoms with Gasteiger partial charge in [-0.25, -0.2) is 8.78 Å². The van der Waals surface area contributed by atoms with Crippen molar-refractivity contribution in [3.05, 3.63) is 94.6 Å². The molecule has 2 amide bonds. The Morgan fingerprint density at radius 3 is 2.30 bits per heavy atom. The zero-order valence-electron chi connectivity index (χ0n) is 24.4. The molecule has 230 valence electrons. The second kappa shape index (κ2) is 14.7. The molecule has 1 aliphatic carbocycles. The predicted molar refractivity (Wildman–Crippen MR) is 163 cm³/mol. The molecule has 2 unspecified atom stereocenters. The number of amides is 2. The van der Waals surface area contributed by atoms with Crippen LogP contribution in [0.15, 0.2) is 60.7 Å². The van der Waals surface area contributed by atoms with Gasteiger partial charge in [-0.1, -0.05) is 24.3 Å². The number of piperidine rings is 1. The van der Waals surface area contributed by atoms with E-state index in [-0.39, 0.29) is 55.4 Å². The number of para-hydroxylation sites is 1. The molecule has 2 N–H and O–H groups in total. The lowest BCUT2D eigenvalue weighted by atomic mass is 9.91. The van der Waals surface area contributed by atoms with Gasteiger partial charge in [0.15, 0.2) is 17.4 Å². The molecule has 1 aliphatic heterocycles. The molecule has 3 aromatic rings. The van der Waals surface area contributed by atoms with Crippen LogP contribution in [0.25, 0.3) is 0 Å². The van der Waals surface area contributed by atoms with Crippen LogP contribution in [0.1, 0.15) is 46.3 Å². The average molecular weight is 614 g/mol. The van der Waals surface area contributed by atoms with Crippen molar-refractivity contribution in [2.24, 2.45) is 5.92 Å². The van der Waals surface area contributed by atoms with Crippen molar-refractivity contribution in [2.45, 2.75) is 51.7 Å². The summed E-state index contributed by atoms with van der Waals surface area (Å²) in [6.45, 7) is 6.03. The van der Waals surface area contributed by atoms with Crippen LogP contribution in [0.5, 0.6) is 11.5 Å². The first kappa shape index (κ1) is 32.2. The van der Waals surface area contributed by atoms with Crippen LogP contribution in [0.3, 0.4) is 0 Å². The molecule has 1 saturated heterocycles. The van der Waals surface area contributed by atoms with Crippen LogP contribution in [0.4, 0.5) is 8.78 Å². The predicted octanol–water partition coefficient (Wildman–Crippen LogP) is 5.36. The Balaban J connectivity index is 0.00000423. The summed E-state index contributed by atoms with van der Waals surface area (Å²) in [6, 6.07) is 16.3. The second-order valence-corrected chi connectivity index (χ2v) is 11.0. The van der Waals surface area contributed by atoms with Gasteiger partial charge in [-0.05, 0) is 92.7 Å². The molecule has 1 heterocycles. The zero-order valence-corrected chi connectivity index (χ0v) is 25.2. The Morgan fingerprint density at radius 1 is 0.930 bits per heavy atom. The Bertz CT molecular complexity index is 1400. The van der Waals surface area contributed by atoms with E-state index < -0.39 is 17.4 Å². The fraction of sp³-hybridized carbons (Fsp3) is 0.394. The quantitative estimate of drug-likeness (QED) is 0.285. The average Bonchev–Trinajstić information content (AvgIpc) is 3.83. The van der Waals surface area contributed by atoms with E-state index >= 15 is 0 Å². The van der Waals surface area contributed by atoms with Crippen molar-refractivity contribution >= 4 is 24.2 Å². The van der Waals surface area contributed by atoms with Crippen molar-refractivity contribution in [2.75, 3.05) is 26.3 Å². The maximum atomic E-state index is 13.9. The number of nitrogens with one attached hydrogen (secondary N) is 2. The number of aryl methyl sites for hydroxylation is 1. The fourth-order valence-corrected chi connectivity index (χ4v) is 5.32. The first-order valence-corrected chi connectivity index (χ1v) is 14.5. The molecule has 0 spiro atoms. The van der Waals surface area contributed by atoms with Crippen molar-refractivity contribution in [3.8, 4) is 11.5 Å². The van der Waals surface area contributed by atoms with E-state index in [4.69, 9.17) is 9.47 Å². The van der Waals surface area contributed by atoms with Gasteiger partial charge in [0.2, 0.25) is 5.91 Å². The van der Waals surface area contributed by atoms with Gasteiger partial charge in [-0.15, -0.1) is 12.4 Å². The molecule has 7 nitrogen and oxygen atoms in total. The zero-order chi connectivity index (χ0) is 29.6. The molecule has 0 bridgehead atoms. The molecule has 2 fully saturated rings. The van der Waals surface area contributed by atoms with E-state index in [9.17, 15) is 18.4 Å². The summed E-state index contributed by atoms with van der Waals surface area (Å²) in [5.41, 5.74) is 4.03. The number of carbonyl (C=O) groups is 2. The van der Waals surface area contributed by atoms with Gasteiger partial charge in [-0.2, -0.15) is 0 Å². The lowest BCUT2D eigenvalue weighted by Crippen LogP contribution is -2.55. The summed E-state index contributed by atoms with van der Waals surface area (Å²) in [7, 11) is 0. The van der Waals surface area contributed by atoms with E-state index in [1.54, 1.807) is 24.3 Å². The van der Waals surface area contributed by atoms with Crippen molar-refractivity contribution < 1.29 is 27.8 Å². The summed E-state index contributed by atoms with van der Waals surface area (Å²) < 4.78 is 38.1. The van der Waals surface area contributed by atoms with Gasteiger partial charge in [0, 0.05) is 30.7 Å². The SMILES string of the molecule is Cc1cccc(CN(C(=O)C2CNCCC2NC(=O)c2ccc(OCCOc3c(F)cccc3F)cc2)C2CC2)c1C.Cl. The number of halogens is 3. The number of hydrogen-bond donors (Lipinski definition) is 2. The highest BCUT2D eigenvalue weighted by Crippen LogP contribution is 2.32. The molecule has 0 aromatic heterocycles. The van der Waals surface area contributed by atoms with Crippen LogP contribution in [-0.4, -0.2) is 55.1 Å². The minimum Gasteiger partial charge on any atom is -0.490 e. The monoisotopic (exact) mass is 613 g/mol. The van der Waals surface area contributed by atoms with Crippen LogP contribution in [0.2, 0.25) is 0 Å². The Labute approximate surface area is 257 Å². The highest BCUT2D eigenvalue weighted by Gasteiger charge is 2.40. The molecule has 5 rings (SSSR count). The first-order chi connectivity index (χ1) is 20.3. The fourth-order valence-electron chi connectivity index (χ4n) is 5.32. The number of nitrogens with zero attached hydrogens (tertiary/aromatic N) is 1. The smallest absolute Gasteiger partial charge is 0.251 e. The highest BCUT2D eigenvalue weighted by molar-refractivity contribution is 5.95. The number of carbonyl (C=O) groups excluding carboxylic acids is 2. The van der Waals surface area contributed by atoms with Crippen molar-refractivity contribution in [3.63, 3.8) is 0 Å². The third-order valence-corrected chi connectivity index (χ3v) is 8.08. The van der Waals surface area contributed by atoms with Crippen molar-refractivity contribution in [1.82, 2.24) is 15.5 Å². The van der Waals surface area contributed by atoms with Crippen LogP contribution in [0, 0.1) is 31.4 Å². The van der Waals surface area contributed by atoms with Gasteiger partial charge < -0.3 is 25.0 Å². The number of ether oxygens (including phenoxy) is 2. The van der Waals surface area contributed by atoms with Gasteiger partial charge in [0.1, 0.15) is 19.0 Å². The van der Waals surface area contributed by atoms with Crippen LogP contribution in [-0.2, 0) is 11.3 Å². The minimum atomic E-state index is -0.773. The maximum absolute atomic E-state index is 13.9. The standard InChI is InChI=1S/C33H37F2N3O4.ClH/c1-21-5-3-6-24(22(21)2)20-38(25-11-12-25)33(40)27-19-36-16-15-30(27)37-32(39)23-9-13-26(14-10-23)41-17-18-42-31-28(34)7-4-8-29(31)35;/h3-10,13-14,25,27,30,36H,11-12,15-20H2,1-2H3,(H,37,39);1H. The second-order valence-electron chi connectivity index (χ2n) is 11.0. The van der Waals surface area contributed by atoms with E-state index in [1.165, 1.54) is 17.2 Å². The number of hydrogen-bond acceptors (Lipinski definition) is 5. The van der Waals surface area contributed by atoms with Crippen LogP contribution < -0.4 is 20.1 Å². The van der Waals surface area contributed by atoms with E-state index in [0.29, 0.717) is 30.8 Å². The maximum Gasteiger partial charge on any atom is 0.251 e. The molecule has 43 heavy (non-hydrogen) atoms. The summed E-state index contributed by atoms with van der Waals surface area (Å²) >= 11 is 0. The summed E-state index contributed by atoms with van der Waals surface area (Å²) in [5.74, 6) is -2.02. The molecule has 1 saturated carbocycles. The molecule has 10 heteroatoms. The Kier molecular flexibility index (Phi) is 11.0.